The molecule has 3 aliphatic rings. The Balaban J connectivity index is 1.68. The predicted molar refractivity (Wildman–Crippen MR) is 81.2 cm³/mol. The molecular formula is C15H24N2O3S. The zero-order chi connectivity index (χ0) is 15.0. The van der Waals surface area contributed by atoms with Gasteiger partial charge in [0.25, 0.3) is 0 Å². The Morgan fingerprint density at radius 1 is 1.24 bits per heavy atom. The van der Waals surface area contributed by atoms with Gasteiger partial charge in [-0.3, -0.25) is 4.79 Å². The highest BCUT2D eigenvalue weighted by atomic mass is 32.2. The van der Waals surface area contributed by atoms with Crippen molar-refractivity contribution in [3.05, 3.63) is 12.7 Å². The van der Waals surface area contributed by atoms with Crippen LogP contribution < -0.4 is 0 Å². The number of nitrogens with zero attached hydrogens (tertiary/aromatic N) is 2. The lowest BCUT2D eigenvalue weighted by molar-refractivity contribution is -0.141. The van der Waals surface area contributed by atoms with E-state index in [1.165, 1.54) is 0 Å². The summed E-state index contributed by atoms with van der Waals surface area (Å²) in [7, 11) is -3.17. The maximum Gasteiger partial charge on any atom is 0.223 e. The van der Waals surface area contributed by atoms with Crippen molar-refractivity contribution in [3.8, 4) is 0 Å². The van der Waals surface area contributed by atoms with Gasteiger partial charge >= 0.3 is 0 Å². The zero-order valence-electron chi connectivity index (χ0n) is 12.4. The summed E-state index contributed by atoms with van der Waals surface area (Å²) in [6, 6.07) is 0.707. The molecule has 21 heavy (non-hydrogen) atoms. The van der Waals surface area contributed by atoms with Crippen molar-refractivity contribution in [1.29, 1.82) is 0 Å². The second-order valence-electron chi connectivity index (χ2n) is 6.44. The van der Waals surface area contributed by atoms with Crippen molar-refractivity contribution < 1.29 is 13.2 Å². The number of amides is 1. The lowest BCUT2D eigenvalue weighted by Crippen LogP contribution is -2.57. The SMILES string of the molecule is C=CCCS(=O)(=O)N1CC[C@H]2[C@@H](CCC(=O)N2C2CC2)C1. The lowest BCUT2D eigenvalue weighted by atomic mass is 9.84. The summed E-state index contributed by atoms with van der Waals surface area (Å²) in [5.74, 6) is 0.747. The molecule has 3 rings (SSSR count). The zero-order valence-corrected chi connectivity index (χ0v) is 13.2. The van der Waals surface area contributed by atoms with E-state index in [-0.39, 0.29) is 17.7 Å². The number of carbonyl (C=O) groups is 1. The fourth-order valence-corrected chi connectivity index (χ4v) is 5.23. The molecule has 0 aromatic heterocycles. The number of likely N-dealkylation sites (tertiary alicyclic amines) is 1. The molecule has 0 radical (unpaired) electrons. The summed E-state index contributed by atoms with van der Waals surface area (Å²) in [6.07, 6.45) is 6.60. The van der Waals surface area contributed by atoms with E-state index in [1.807, 2.05) is 0 Å². The Bertz CT molecular complexity index is 527. The summed E-state index contributed by atoms with van der Waals surface area (Å²) >= 11 is 0. The summed E-state index contributed by atoms with van der Waals surface area (Å²) < 4.78 is 26.3. The topological polar surface area (TPSA) is 57.7 Å². The first-order valence-corrected chi connectivity index (χ1v) is 9.53. The maximum atomic E-state index is 12.3. The Kier molecular flexibility index (Phi) is 4.10. The molecule has 0 bridgehead atoms. The third kappa shape index (κ3) is 3.01. The first-order valence-electron chi connectivity index (χ1n) is 7.93. The van der Waals surface area contributed by atoms with E-state index in [2.05, 4.69) is 11.5 Å². The predicted octanol–water partition coefficient (Wildman–Crippen LogP) is 1.37. The van der Waals surface area contributed by atoms with Gasteiger partial charge in [0.15, 0.2) is 0 Å². The van der Waals surface area contributed by atoms with Crippen LogP contribution in [0.2, 0.25) is 0 Å². The van der Waals surface area contributed by atoms with Gasteiger partial charge in [-0.25, -0.2) is 12.7 Å². The quantitative estimate of drug-likeness (QED) is 0.720. The molecule has 5 nitrogen and oxygen atoms in total. The molecular weight excluding hydrogens is 288 g/mol. The minimum Gasteiger partial charge on any atom is -0.336 e. The normalized spacial score (nSPS) is 31.0. The molecule has 0 unspecified atom stereocenters. The van der Waals surface area contributed by atoms with Crippen molar-refractivity contribution in [3.63, 3.8) is 0 Å². The molecule has 0 aromatic carbocycles. The lowest BCUT2D eigenvalue weighted by Gasteiger charge is -2.46. The monoisotopic (exact) mass is 312 g/mol. The second-order valence-corrected chi connectivity index (χ2v) is 8.53. The van der Waals surface area contributed by atoms with Gasteiger partial charge < -0.3 is 4.90 Å². The molecule has 3 fully saturated rings. The van der Waals surface area contributed by atoms with Gasteiger partial charge in [0.05, 0.1) is 5.75 Å². The van der Waals surface area contributed by atoms with Gasteiger partial charge in [0.2, 0.25) is 15.9 Å². The Labute approximate surface area is 127 Å². The molecule has 2 saturated heterocycles. The van der Waals surface area contributed by atoms with Crippen LogP contribution in [0.25, 0.3) is 0 Å². The molecule has 2 atom stereocenters. The molecule has 6 heteroatoms. The first-order chi connectivity index (χ1) is 10.0. The van der Waals surface area contributed by atoms with Gasteiger partial charge in [-0.15, -0.1) is 6.58 Å². The Morgan fingerprint density at radius 2 is 2.00 bits per heavy atom. The molecule has 0 aromatic rings. The standard InChI is InChI=1S/C15H24N2O3S/c1-2-3-10-21(19,20)16-9-8-14-12(11-16)4-7-15(18)17(14)13-5-6-13/h2,12-14H,1,3-11H2/t12-,14-/m0/s1. The van der Waals surface area contributed by atoms with E-state index in [4.69, 9.17) is 0 Å². The highest BCUT2D eigenvalue weighted by molar-refractivity contribution is 7.89. The average Bonchev–Trinajstić information content (AvgIpc) is 3.29. The molecule has 2 aliphatic heterocycles. The average molecular weight is 312 g/mol. The number of hydrogen-bond acceptors (Lipinski definition) is 3. The largest absolute Gasteiger partial charge is 0.336 e. The van der Waals surface area contributed by atoms with Crippen LogP contribution in [0.3, 0.4) is 0 Å². The van der Waals surface area contributed by atoms with Crippen molar-refractivity contribution in [1.82, 2.24) is 9.21 Å². The van der Waals surface area contributed by atoms with Crippen molar-refractivity contribution >= 4 is 15.9 Å². The summed E-state index contributed by atoms with van der Waals surface area (Å²) in [5.41, 5.74) is 0. The van der Waals surface area contributed by atoms with Gasteiger partial charge in [-0.1, -0.05) is 6.08 Å². The minimum absolute atomic E-state index is 0.152. The molecule has 0 N–H and O–H groups in total. The molecule has 1 aliphatic carbocycles. The van der Waals surface area contributed by atoms with E-state index in [0.29, 0.717) is 37.9 Å². The molecule has 118 valence electrons. The van der Waals surface area contributed by atoms with Crippen molar-refractivity contribution in [2.24, 2.45) is 5.92 Å². The van der Waals surface area contributed by atoms with E-state index in [9.17, 15) is 13.2 Å². The number of rotatable bonds is 5. The Hall–Kier alpha value is -0.880. The fraction of sp³-hybridized carbons (Fsp3) is 0.800. The number of carbonyl (C=O) groups excluding carboxylic acids is 1. The number of sulfonamides is 1. The van der Waals surface area contributed by atoms with Crippen LogP contribution in [0.5, 0.6) is 0 Å². The highest BCUT2D eigenvalue weighted by Gasteiger charge is 2.46. The van der Waals surface area contributed by atoms with Gasteiger partial charge in [0, 0.05) is 31.6 Å². The fourth-order valence-electron chi connectivity index (χ4n) is 3.70. The van der Waals surface area contributed by atoms with Crippen LogP contribution in [0.1, 0.15) is 38.5 Å². The minimum atomic E-state index is -3.17. The first kappa shape index (κ1) is 15.0. The van der Waals surface area contributed by atoms with E-state index >= 15 is 0 Å². The van der Waals surface area contributed by atoms with Gasteiger partial charge in [-0.2, -0.15) is 0 Å². The van der Waals surface area contributed by atoms with Crippen LogP contribution >= 0.6 is 0 Å². The van der Waals surface area contributed by atoms with Crippen LogP contribution in [0, 0.1) is 5.92 Å². The van der Waals surface area contributed by atoms with E-state index < -0.39 is 10.0 Å². The van der Waals surface area contributed by atoms with Crippen molar-refractivity contribution in [2.75, 3.05) is 18.8 Å². The number of allylic oxidation sites excluding steroid dienone is 1. The number of hydrogen-bond donors (Lipinski definition) is 0. The third-order valence-corrected chi connectivity index (χ3v) is 6.81. The summed E-state index contributed by atoms with van der Waals surface area (Å²) in [4.78, 5) is 14.2. The van der Waals surface area contributed by atoms with E-state index in [1.54, 1.807) is 10.4 Å². The summed E-state index contributed by atoms with van der Waals surface area (Å²) in [5, 5.41) is 0. The van der Waals surface area contributed by atoms with Crippen LogP contribution in [-0.4, -0.2) is 54.5 Å². The third-order valence-electron chi connectivity index (χ3n) is 4.94. The smallest absolute Gasteiger partial charge is 0.223 e. The highest BCUT2D eigenvalue weighted by Crippen LogP contribution is 2.39. The van der Waals surface area contributed by atoms with Gasteiger partial charge in [-0.05, 0) is 38.0 Å². The molecule has 0 spiro atoms. The van der Waals surface area contributed by atoms with Crippen LogP contribution in [-0.2, 0) is 14.8 Å². The molecule has 2 heterocycles. The Morgan fingerprint density at radius 3 is 2.67 bits per heavy atom. The van der Waals surface area contributed by atoms with Crippen LogP contribution in [0.4, 0.5) is 0 Å². The van der Waals surface area contributed by atoms with Crippen molar-refractivity contribution in [2.45, 2.75) is 50.6 Å². The van der Waals surface area contributed by atoms with E-state index in [0.717, 1.165) is 25.7 Å². The number of fused-ring (bicyclic) bond motifs is 1. The molecule has 1 amide bonds. The molecule has 1 saturated carbocycles. The van der Waals surface area contributed by atoms with Crippen LogP contribution in [0.15, 0.2) is 12.7 Å². The summed E-state index contributed by atoms with van der Waals surface area (Å²) in [6.45, 7) is 4.73. The number of piperidine rings is 2. The maximum absolute atomic E-state index is 12.3. The second kappa shape index (κ2) is 5.72. The van der Waals surface area contributed by atoms with Gasteiger partial charge in [0.1, 0.15) is 0 Å².